The van der Waals surface area contributed by atoms with Gasteiger partial charge in [0.2, 0.25) is 0 Å². The predicted octanol–water partition coefficient (Wildman–Crippen LogP) is 1.21. The van der Waals surface area contributed by atoms with Gasteiger partial charge in [-0.3, -0.25) is 9.48 Å². The number of hydrogen-bond acceptors (Lipinski definition) is 4. The summed E-state index contributed by atoms with van der Waals surface area (Å²) in [6.07, 6.45) is 3.02. The van der Waals surface area contributed by atoms with Crippen LogP contribution >= 0.6 is 0 Å². The van der Waals surface area contributed by atoms with Crippen molar-refractivity contribution in [2.24, 2.45) is 0 Å². The van der Waals surface area contributed by atoms with Crippen LogP contribution in [0.5, 0.6) is 0 Å². The van der Waals surface area contributed by atoms with E-state index in [1.165, 1.54) is 0 Å². The Bertz CT molecular complexity index is 454. The smallest absolute Gasteiger partial charge is 0.140 e. The summed E-state index contributed by atoms with van der Waals surface area (Å²) in [6, 6.07) is 2.64. The number of carbonyl (C=O) groups excluding carboxylic acids is 1. The van der Waals surface area contributed by atoms with Gasteiger partial charge in [-0.05, 0) is 34.0 Å². The van der Waals surface area contributed by atoms with Gasteiger partial charge in [0.1, 0.15) is 5.78 Å². The molecule has 112 valence electrons. The fourth-order valence-electron chi connectivity index (χ4n) is 2.62. The highest BCUT2D eigenvalue weighted by Gasteiger charge is 2.24. The van der Waals surface area contributed by atoms with E-state index in [4.69, 9.17) is 0 Å². The normalized spacial score (nSPS) is 21.6. The molecule has 1 atom stereocenters. The summed E-state index contributed by atoms with van der Waals surface area (Å²) >= 11 is 0. The van der Waals surface area contributed by atoms with Crippen molar-refractivity contribution in [3.8, 4) is 0 Å². The number of carbonyl (C=O) groups is 1. The summed E-state index contributed by atoms with van der Waals surface area (Å²) in [7, 11) is 4.23. The molecule has 5 heteroatoms. The molecule has 5 nitrogen and oxygen atoms in total. The highest BCUT2D eigenvalue weighted by molar-refractivity contribution is 5.81. The second-order valence-electron chi connectivity index (χ2n) is 6.20. The first-order chi connectivity index (χ1) is 9.45. The van der Waals surface area contributed by atoms with Crippen LogP contribution in [0.3, 0.4) is 0 Å². The van der Waals surface area contributed by atoms with Gasteiger partial charge in [-0.15, -0.1) is 0 Å². The summed E-state index contributed by atoms with van der Waals surface area (Å²) in [6.45, 7) is 7.27. The summed E-state index contributed by atoms with van der Waals surface area (Å²) in [4.78, 5) is 16.8. The molecule has 1 saturated heterocycles. The summed E-state index contributed by atoms with van der Waals surface area (Å²) in [5.74, 6) is 0.283. The van der Waals surface area contributed by atoms with E-state index in [-0.39, 0.29) is 5.78 Å². The molecule has 1 unspecified atom stereocenters. The third kappa shape index (κ3) is 3.90. The lowest BCUT2D eigenvalue weighted by Crippen LogP contribution is -2.50. The molecular formula is C15H26N4O. The Morgan fingerprint density at radius 1 is 1.40 bits per heavy atom. The number of ketones is 1. The Kier molecular flexibility index (Phi) is 4.94. The predicted molar refractivity (Wildman–Crippen MR) is 79.9 cm³/mol. The number of aromatic nitrogens is 2. The fourth-order valence-corrected chi connectivity index (χ4v) is 2.62. The van der Waals surface area contributed by atoms with Crippen LogP contribution in [0, 0.1) is 0 Å². The van der Waals surface area contributed by atoms with Gasteiger partial charge >= 0.3 is 0 Å². The van der Waals surface area contributed by atoms with E-state index < -0.39 is 0 Å². The van der Waals surface area contributed by atoms with Crippen molar-refractivity contribution < 1.29 is 4.79 Å². The Balaban J connectivity index is 1.88. The molecule has 20 heavy (non-hydrogen) atoms. The number of Topliss-reactive ketones (excluding diaryl/α,β-unsaturated/α-hetero) is 1. The number of nitrogens with zero attached hydrogens (tertiary/aromatic N) is 4. The van der Waals surface area contributed by atoms with E-state index in [9.17, 15) is 4.79 Å². The van der Waals surface area contributed by atoms with Crippen LogP contribution in [-0.2, 0) is 11.2 Å². The SMILES string of the molecule is CC(C)n1ccc(CC(=O)CC2CN(C)CCN2C)n1. The standard InChI is InChI=1S/C15H26N4O/c1-12(2)19-6-5-13(16-19)9-15(20)10-14-11-17(3)7-8-18(14)4/h5-6,12,14H,7-11H2,1-4H3. The molecule has 2 heterocycles. The Morgan fingerprint density at radius 2 is 2.15 bits per heavy atom. The molecule has 1 aromatic rings. The zero-order chi connectivity index (χ0) is 14.7. The van der Waals surface area contributed by atoms with Crippen LogP contribution in [-0.4, -0.2) is 65.1 Å². The minimum atomic E-state index is 0.283. The summed E-state index contributed by atoms with van der Waals surface area (Å²) in [5.41, 5.74) is 0.885. The van der Waals surface area contributed by atoms with Crippen LogP contribution in [0.2, 0.25) is 0 Å². The Hall–Kier alpha value is -1.20. The van der Waals surface area contributed by atoms with Gasteiger partial charge in [0.15, 0.2) is 0 Å². The molecule has 0 amide bonds. The van der Waals surface area contributed by atoms with E-state index in [0.29, 0.717) is 24.9 Å². The van der Waals surface area contributed by atoms with Gasteiger partial charge in [-0.25, -0.2) is 0 Å². The number of rotatable bonds is 5. The molecule has 0 bridgehead atoms. The van der Waals surface area contributed by atoms with Crippen LogP contribution in [0.25, 0.3) is 0 Å². The average molecular weight is 278 g/mol. The lowest BCUT2D eigenvalue weighted by Gasteiger charge is -2.37. The number of likely N-dealkylation sites (N-methyl/N-ethyl adjacent to an activating group) is 2. The topological polar surface area (TPSA) is 41.4 Å². The second kappa shape index (κ2) is 6.50. The zero-order valence-corrected chi connectivity index (χ0v) is 13.0. The molecule has 1 aliphatic rings. The molecule has 0 radical (unpaired) electrons. The maximum atomic E-state index is 12.2. The zero-order valence-electron chi connectivity index (χ0n) is 13.0. The minimum Gasteiger partial charge on any atom is -0.304 e. The van der Waals surface area contributed by atoms with Crippen LogP contribution in [0.15, 0.2) is 12.3 Å². The van der Waals surface area contributed by atoms with E-state index in [1.807, 2.05) is 16.9 Å². The molecule has 1 aromatic heterocycles. The minimum absolute atomic E-state index is 0.283. The second-order valence-corrected chi connectivity index (χ2v) is 6.20. The number of hydrogen-bond donors (Lipinski definition) is 0. The Labute approximate surface area is 121 Å². The van der Waals surface area contributed by atoms with Gasteiger partial charge in [-0.2, -0.15) is 5.10 Å². The molecule has 2 rings (SSSR count). The van der Waals surface area contributed by atoms with E-state index in [1.54, 1.807) is 0 Å². The molecule has 0 aliphatic carbocycles. The van der Waals surface area contributed by atoms with E-state index >= 15 is 0 Å². The number of piperazine rings is 1. The molecular weight excluding hydrogens is 252 g/mol. The largest absolute Gasteiger partial charge is 0.304 e. The van der Waals surface area contributed by atoms with Crippen molar-refractivity contribution in [3.63, 3.8) is 0 Å². The van der Waals surface area contributed by atoms with Gasteiger partial charge in [0, 0.05) is 44.3 Å². The fraction of sp³-hybridized carbons (Fsp3) is 0.733. The van der Waals surface area contributed by atoms with E-state index in [2.05, 4.69) is 42.8 Å². The van der Waals surface area contributed by atoms with E-state index in [0.717, 1.165) is 25.3 Å². The third-order valence-corrected chi connectivity index (χ3v) is 4.01. The molecule has 0 spiro atoms. The van der Waals surface area contributed by atoms with Crippen molar-refractivity contribution in [2.75, 3.05) is 33.7 Å². The molecule has 0 N–H and O–H groups in total. The highest BCUT2D eigenvalue weighted by Crippen LogP contribution is 2.12. The first-order valence-electron chi connectivity index (χ1n) is 7.40. The van der Waals surface area contributed by atoms with Gasteiger partial charge in [0.25, 0.3) is 0 Å². The van der Waals surface area contributed by atoms with Crippen molar-refractivity contribution in [1.82, 2.24) is 19.6 Å². The monoisotopic (exact) mass is 278 g/mol. The molecule has 1 aliphatic heterocycles. The average Bonchev–Trinajstić information content (AvgIpc) is 2.82. The van der Waals surface area contributed by atoms with Crippen molar-refractivity contribution >= 4 is 5.78 Å². The lowest BCUT2D eigenvalue weighted by atomic mass is 10.0. The quantitative estimate of drug-likeness (QED) is 0.812. The van der Waals surface area contributed by atoms with Gasteiger partial charge in [0.05, 0.1) is 12.1 Å². The Morgan fingerprint density at radius 3 is 2.80 bits per heavy atom. The summed E-state index contributed by atoms with van der Waals surface area (Å²) < 4.78 is 1.91. The maximum absolute atomic E-state index is 12.2. The van der Waals surface area contributed by atoms with Crippen LogP contribution < -0.4 is 0 Å². The third-order valence-electron chi connectivity index (χ3n) is 4.01. The van der Waals surface area contributed by atoms with Crippen LogP contribution in [0.1, 0.15) is 32.0 Å². The lowest BCUT2D eigenvalue weighted by molar-refractivity contribution is -0.120. The first kappa shape index (κ1) is 15.2. The van der Waals surface area contributed by atoms with Crippen LogP contribution in [0.4, 0.5) is 0 Å². The molecule has 0 aromatic carbocycles. The van der Waals surface area contributed by atoms with Crippen molar-refractivity contribution in [2.45, 2.75) is 38.8 Å². The van der Waals surface area contributed by atoms with Gasteiger partial charge < -0.3 is 9.80 Å². The highest BCUT2D eigenvalue weighted by atomic mass is 16.1. The van der Waals surface area contributed by atoms with Gasteiger partial charge in [-0.1, -0.05) is 0 Å². The maximum Gasteiger partial charge on any atom is 0.140 e. The summed E-state index contributed by atoms with van der Waals surface area (Å²) in [5, 5.41) is 4.45. The first-order valence-corrected chi connectivity index (χ1v) is 7.40. The molecule has 1 fully saturated rings. The van der Waals surface area contributed by atoms with Crippen molar-refractivity contribution in [3.05, 3.63) is 18.0 Å². The molecule has 0 saturated carbocycles. The van der Waals surface area contributed by atoms with Crippen molar-refractivity contribution in [1.29, 1.82) is 0 Å².